The third-order valence-corrected chi connectivity index (χ3v) is 0.982. The fourth-order valence-corrected chi connectivity index (χ4v) is 0.326. The van der Waals surface area contributed by atoms with E-state index in [2.05, 4.69) is 19.7 Å². The quantitative estimate of drug-likeness (QED) is 0.535. The van der Waals surface area contributed by atoms with E-state index in [-0.39, 0.29) is 0 Å². The molecule has 0 fully saturated rings. The summed E-state index contributed by atoms with van der Waals surface area (Å²) in [7, 11) is 0. The first-order valence-electron chi connectivity index (χ1n) is 3.82. The fourth-order valence-electron chi connectivity index (χ4n) is 0.326. The standard InChI is InChI=1S/C9H12.C2H6/c1-5-6-7-9(4)8(2)3;1-2/h5-7H,1-2,4H2,3H3;1-2H3/b7-6-;. The van der Waals surface area contributed by atoms with Crippen LogP contribution in [0.25, 0.3) is 0 Å². The van der Waals surface area contributed by atoms with E-state index in [9.17, 15) is 0 Å². The predicted octanol–water partition coefficient (Wildman–Crippen LogP) is 3.89. The van der Waals surface area contributed by atoms with E-state index in [1.807, 2.05) is 32.9 Å². The van der Waals surface area contributed by atoms with Gasteiger partial charge in [0.15, 0.2) is 0 Å². The Morgan fingerprint density at radius 2 is 1.64 bits per heavy atom. The van der Waals surface area contributed by atoms with Crippen molar-refractivity contribution in [1.82, 2.24) is 0 Å². The molecule has 0 radical (unpaired) electrons. The van der Waals surface area contributed by atoms with Crippen LogP contribution < -0.4 is 0 Å². The third kappa shape index (κ3) is 8.96. The summed E-state index contributed by atoms with van der Waals surface area (Å²) in [5.41, 5.74) is 1.95. The highest BCUT2D eigenvalue weighted by Crippen LogP contribution is 2.03. The van der Waals surface area contributed by atoms with Crippen molar-refractivity contribution in [3.63, 3.8) is 0 Å². The zero-order chi connectivity index (χ0) is 9.28. The first-order chi connectivity index (χ1) is 5.18. The lowest BCUT2D eigenvalue weighted by Gasteiger charge is -1.92. The van der Waals surface area contributed by atoms with Gasteiger partial charge in [-0.05, 0) is 12.5 Å². The third-order valence-electron chi connectivity index (χ3n) is 0.982. The zero-order valence-corrected chi connectivity index (χ0v) is 7.85. The van der Waals surface area contributed by atoms with E-state index in [0.717, 1.165) is 11.1 Å². The molecular formula is C11H18. The molecule has 0 aromatic heterocycles. The second-order valence-electron chi connectivity index (χ2n) is 1.90. The van der Waals surface area contributed by atoms with Gasteiger partial charge in [-0.15, -0.1) is 0 Å². The normalized spacial score (nSPS) is 8.27. The summed E-state index contributed by atoms with van der Waals surface area (Å²) in [5.74, 6) is 0. The van der Waals surface area contributed by atoms with E-state index in [1.165, 1.54) is 0 Å². The molecule has 0 spiro atoms. The Labute approximate surface area is 70.6 Å². The molecule has 62 valence electrons. The molecule has 0 atom stereocenters. The Kier molecular flexibility index (Phi) is 10.3. The van der Waals surface area contributed by atoms with Gasteiger partial charge < -0.3 is 0 Å². The maximum absolute atomic E-state index is 3.76. The highest BCUT2D eigenvalue weighted by Gasteiger charge is 1.83. The van der Waals surface area contributed by atoms with Crippen LogP contribution in [0.4, 0.5) is 0 Å². The number of allylic oxidation sites excluding steroid dienone is 5. The molecule has 0 rings (SSSR count). The Hall–Kier alpha value is -1.04. The molecule has 0 amide bonds. The minimum Gasteiger partial charge on any atom is -0.0991 e. The average Bonchev–Trinajstić information content (AvgIpc) is 2.03. The summed E-state index contributed by atoms with van der Waals surface area (Å²) in [5, 5.41) is 0. The molecule has 0 bridgehead atoms. The van der Waals surface area contributed by atoms with Crippen LogP contribution in [-0.4, -0.2) is 0 Å². The van der Waals surface area contributed by atoms with Crippen LogP contribution in [0.15, 0.2) is 49.1 Å². The smallest absolute Gasteiger partial charge is 0.0305 e. The highest BCUT2D eigenvalue weighted by molar-refractivity contribution is 5.34. The minimum absolute atomic E-state index is 0.954. The van der Waals surface area contributed by atoms with Crippen molar-refractivity contribution in [1.29, 1.82) is 0 Å². The molecule has 0 aliphatic rings. The van der Waals surface area contributed by atoms with Crippen LogP contribution in [0.3, 0.4) is 0 Å². The van der Waals surface area contributed by atoms with Crippen LogP contribution in [0.2, 0.25) is 0 Å². The zero-order valence-electron chi connectivity index (χ0n) is 7.85. The van der Waals surface area contributed by atoms with E-state index >= 15 is 0 Å². The van der Waals surface area contributed by atoms with E-state index in [1.54, 1.807) is 6.08 Å². The molecule has 0 aromatic rings. The van der Waals surface area contributed by atoms with Crippen LogP contribution in [-0.2, 0) is 0 Å². The molecule has 0 heteroatoms. The lowest BCUT2D eigenvalue weighted by molar-refractivity contribution is 1.47. The van der Waals surface area contributed by atoms with Crippen LogP contribution >= 0.6 is 0 Å². The fraction of sp³-hybridized carbons (Fsp3) is 0.273. The number of hydrogen-bond acceptors (Lipinski definition) is 0. The lowest BCUT2D eigenvalue weighted by atomic mass is 10.1. The van der Waals surface area contributed by atoms with Gasteiger partial charge in [0.05, 0.1) is 0 Å². The van der Waals surface area contributed by atoms with Crippen molar-refractivity contribution in [2.75, 3.05) is 0 Å². The second kappa shape index (κ2) is 8.96. The van der Waals surface area contributed by atoms with E-state index in [4.69, 9.17) is 0 Å². The topological polar surface area (TPSA) is 0 Å². The number of rotatable bonds is 3. The molecule has 0 aliphatic carbocycles. The molecular weight excluding hydrogens is 132 g/mol. The van der Waals surface area contributed by atoms with Gasteiger partial charge in [-0.3, -0.25) is 0 Å². The molecule has 0 nitrogen and oxygen atoms in total. The SMILES string of the molecule is C=C/C=C\C(=C)C(=C)C.CC. The van der Waals surface area contributed by atoms with Gasteiger partial charge in [0.2, 0.25) is 0 Å². The van der Waals surface area contributed by atoms with Gasteiger partial charge in [-0.2, -0.15) is 0 Å². The Morgan fingerprint density at radius 1 is 1.18 bits per heavy atom. The van der Waals surface area contributed by atoms with E-state index < -0.39 is 0 Å². The molecule has 0 heterocycles. The van der Waals surface area contributed by atoms with Crippen molar-refractivity contribution in [3.05, 3.63) is 49.1 Å². The summed E-state index contributed by atoms with van der Waals surface area (Å²) in [6, 6.07) is 0. The summed E-state index contributed by atoms with van der Waals surface area (Å²) in [6.07, 6.45) is 5.44. The van der Waals surface area contributed by atoms with Gasteiger partial charge in [0.1, 0.15) is 0 Å². The number of hydrogen-bond donors (Lipinski definition) is 0. The van der Waals surface area contributed by atoms with Gasteiger partial charge in [0.25, 0.3) is 0 Å². The average molecular weight is 150 g/mol. The monoisotopic (exact) mass is 150 g/mol. The second-order valence-corrected chi connectivity index (χ2v) is 1.90. The lowest BCUT2D eigenvalue weighted by Crippen LogP contribution is -1.72. The predicted molar refractivity (Wildman–Crippen MR) is 54.6 cm³/mol. The van der Waals surface area contributed by atoms with Crippen LogP contribution in [0.1, 0.15) is 20.8 Å². The Morgan fingerprint density at radius 3 is 1.91 bits per heavy atom. The summed E-state index contributed by atoms with van der Waals surface area (Å²) in [6.45, 7) is 16.9. The molecule has 0 unspecified atom stereocenters. The first-order valence-corrected chi connectivity index (χ1v) is 3.82. The van der Waals surface area contributed by atoms with E-state index in [0.29, 0.717) is 0 Å². The molecule has 0 saturated heterocycles. The van der Waals surface area contributed by atoms with Gasteiger partial charge in [-0.1, -0.05) is 57.4 Å². The molecule has 0 N–H and O–H groups in total. The summed E-state index contributed by atoms with van der Waals surface area (Å²) in [4.78, 5) is 0. The molecule has 0 aliphatic heterocycles. The minimum atomic E-state index is 0.954. The first kappa shape index (κ1) is 12.6. The van der Waals surface area contributed by atoms with Gasteiger partial charge in [0, 0.05) is 0 Å². The maximum Gasteiger partial charge on any atom is -0.0305 e. The highest BCUT2D eigenvalue weighted by atomic mass is 13.9. The van der Waals surface area contributed by atoms with Crippen molar-refractivity contribution in [2.24, 2.45) is 0 Å². The Bertz CT molecular complexity index is 159. The largest absolute Gasteiger partial charge is 0.0991 e. The van der Waals surface area contributed by atoms with Crippen molar-refractivity contribution >= 4 is 0 Å². The van der Waals surface area contributed by atoms with Crippen molar-refractivity contribution in [2.45, 2.75) is 20.8 Å². The van der Waals surface area contributed by atoms with Crippen molar-refractivity contribution < 1.29 is 0 Å². The van der Waals surface area contributed by atoms with Gasteiger partial charge >= 0.3 is 0 Å². The summed E-state index contributed by atoms with van der Waals surface area (Å²) < 4.78 is 0. The molecule has 0 aromatic carbocycles. The van der Waals surface area contributed by atoms with Crippen LogP contribution in [0, 0.1) is 0 Å². The van der Waals surface area contributed by atoms with Gasteiger partial charge in [-0.25, -0.2) is 0 Å². The summed E-state index contributed by atoms with van der Waals surface area (Å²) >= 11 is 0. The Balaban J connectivity index is 0. The van der Waals surface area contributed by atoms with Crippen LogP contribution in [0.5, 0.6) is 0 Å². The van der Waals surface area contributed by atoms with Crippen molar-refractivity contribution in [3.8, 4) is 0 Å². The molecule has 0 saturated carbocycles. The molecule has 11 heavy (non-hydrogen) atoms. The maximum atomic E-state index is 3.76.